The average Bonchev–Trinajstić information content (AvgIpc) is 3.03. The first-order chi connectivity index (χ1) is 23.2. The third-order valence-corrected chi connectivity index (χ3v) is 7.94. The van der Waals surface area contributed by atoms with Crippen molar-refractivity contribution in [2.45, 2.75) is 63.5 Å². The lowest BCUT2D eigenvalue weighted by Crippen LogP contribution is -2.52. The van der Waals surface area contributed by atoms with Gasteiger partial charge in [-0.15, -0.1) is 0 Å². The van der Waals surface area contributed by atoms with Crippen LogP contribution in [0.1, 0.15) is 60.1 Å². The number of aliphatic imine (C=N–C) groups is 1. The summed E-state index contributed by atoms with van der Waals surface area (Å²) < 4.78 is 0. The second kappa shape index (κ2) is 20.7. The summed E-state index contributed by atoms with van der Waals surface area (Å²) in [7, 11) is 7.08. The smallest absolute Gasteiger partial charge is 0.279 e. The van der Waals surface area contributed by atoms with Gasteiger partial charge in [-0.05, 0) is 83.1 Å². The van der Waals surface area contributed by atoms with Crippen molar-refractivity contribution < 1.29 is 14.4 Å². The van der Waals surface area contributed by atoms with Crippen molar-refractivity contribution in [3.8, 4) is 0 Å². The number of aryl methyl sites for hydroxylation is 2. The van der Waals surface area contributed by atoms with Crippen LogP contribution in [0.25, 0.3) is 0 Å². The van der Waals surface area contributed by atoms with Crippen LogP contribution in [0.3, 0.4) is 0 Å². The van der Waals surface area contributed by atoms with E-state index in [-0.39, 0.29) is 52.6 Å². The van der Waals surface area contributed by atoms with E-state index in [1.807, 2.05) is 19.0 Å². The van der Waals surface area contributed by atoms with Gasteiger partial charge in [-0.1, -0.05) is 35.9 Å². The van der Waals surface area contributed by atoms with Crippen LogP contribution in [0.4, 0.5) is 11.6 Å². The summed E-state index contributed by atoms with van der Waals surface area (Å²) in [5.74, 6) is -1.25. The summed E-state index contributed by atoms with van der Waals surface area (Å²) in [5, 5.41) is 16.4. The minimum absolute atomic E-state index is 0.0361. The van der Waals surface area contributed by atoms with E-state index in [0.29, 0.717) is 45.2 Å². The zero-order valence-electron chi connectivity index (χ0n) is 28.9. The number of aromatic nitrogens is 2. The lowest BCUT2D eigenvalue weighted by Gasteiger charge is -2.27. The number of hydrogen-bond acceptors (Lipinski definition) is 11. The van der Waals surface area contributed by atoms with Crippen LogP contribution in [0.5, 0.6) is 0 Å². The molecule has 2 atom stereocenters. The van der Waals surface area contributed by atoms with Crippen LogP contribution in [-0.2, 0) is 22.4 Å². The molecule has 0 saturated heterocycles. The summed E-state index contributed by atoms with van der Waals surface area (Å²) in [5.41, 5.74) is 24.1. The summed E-state index contributed by atoms with van der Waals surface area (Å²) >= 11 is 5.82. The van der Waals surface area contributed by atoms with Crippen molar-refractivity contribution in [3.63, 3.8) is 0 Å². The Morgan fingerprint density at radius 2 is 1.57 bits per heavy atom. The first-order valence-corrected chi connectivity index (χ1v) is 16.6. The van der Waals surface area contributed by atoms with Crippen LogP contribution in [0, 0.1) is 5.41 Å². The largest absolute Gasteiger partial charge is 0.382 e. The molecule has 3 amide bonds. The van der Waals surface area contributed by atoms with Gasteiger partial charge in [-0.2, -0.15) is 0 Å². The molecule has 0 radical (unpaired) electrons. The highest BCUT2D eigenvalue weighted by Crippen LogP contribution is 2.17. The molecule has 0 saturated carbocycles. The number of nitrogens with two attached hydrogens (primary N) is 4. The van der Waals surface area contributed by atoms with Crippen molar-refractivity contribution in [1.82, 2.24) is 35.7 Å². The molecule has 2 aromatic rings. The predicted octanol–water partition coefficient (Wildman–Crippen LogP) is 0.493. The van der Waals surface area contributed by atoms with E-state index in [4.69, 9.17) is 39.9 Å². The number of carbonyl (C=O) groups excluding carboxylic acids is 3. The van der Waals surface area contributed by atoms with Gasteiger partial charge in [0.15, 0.2) is 28.4 Å². The molecule has 17 heteroatoms. The average molecular weight is 702 g/mol. The van der Waals surface area contributed by atoms with Crippen molar-refractivity contribution in [2.24, 2.45) is 16.5 Å². The SMILES string of the molecule is CN(C)C(=O)[C@H](CCCCN=C(N)N)NC(=O)[C@H](CCc1ccc(CCCCNCC(=N)NC(=O)c2nc(Cl)c(N)nc2N)cc1)N(C)C. The van der Waals surface area contributed by atoms with E-state index in [1.54, 1.807) is 14.1 Å². The second-order valence-corrected chi connectivity index (χ2v) is 12.5. The molecular weight excluding hydrogens is 650 g/mol. The van der Waals surface area contributed by atoms with E-state index in [9.17, 15) is 14.4 Å². The monoisotopic (exact) mass is 701 g/mol. The minimum atomic E-state index is -0.684. The number of anilines is 2. The number of nitrogen functional groups attached to an aromatic ring is 2. The first-order valence-electron chi connectivity index (χ1n) is 16.2. The van der Waals surface area contributed by atoms with Gasteiger partial charge in [0.2, 0.25) is 11.8 Å². The van der Waals surface area contributed by atoms with Gasteiger partial charge < -0.3 is 43.8 Å². The summed E-state index contributed by atoms with van der Waals surface area (Å²) in [6, 6.07) is 7.35. The van der Waals surface area contributed by atoms with Crippen molar-refractivity contribution in [3.05, 3.63) is 46.2 Å². The van der Waals surface area contributed by atoms with E-state index < -0.39 is 18.0 Å². The van der Waals surface area contributed by atoms with Crippen LogP contribution < -0.4 is 38.9 Å². The molecule has 1 aromatic heterocycles. The Bertz CT molecular complexity index is 1430. The van der Waals surface area contributed by atoms with Gasteiger partial charge in [0.25, 0.3) is 5.91 Å². The van der Waals surface area contributed by atoms with Gasteiger partial charge >= 0.3 is 0 Å². The predicted molar refractivity (Wildman–Crippen MR) is 194 cm³/mol. The Kier molecular flexibility index (Phi) is 17.2. The molecule has 270 valence electrons. The number of guanidine groups is 1. The molecule has 2 rings (SSSR count). The van der Waals surface area contributed by atoms with Crippen molar-refractivity contribution in [1.29, 1.82) is 5.41 Å². The fourth-order valence-corrected chi connectivity index (χ4v) is 5.07. The van der Waals surface area contributed by atoms with Crippen LogP contribution in [0.15, 0.2) is 29.3 Å². The van der Waals surface area contributed by atoms with Crippen LogP contribution >= 0.6 is 11.6 Å². The highest BCUT2D eigenvalue weighted by molar-refractivity contribution is 6.31. The topological polar surface area (TPSA) is 260 Å². The Morgan fingerprint density at radius 3 is 2.18 bits per heavy atom. The normalized spacial score (nSPS) is 12.2. The number of likely N-dealkylation sites (N-methyl/N-ethyl adjacent to an activating group) is 2. The number of carbonyl (C=O) groups is 3. The minimum Gasteiger partial charge on any atom is -0.382 e. The zero-order chi connectivity index (χ0) is 36.5. The van der Waals surface area contributed by atoms with Gasteiger partial charge in [0.05, 0.1) is 12.6 Å². The summed E-state index contributed by atoms with van der Waals surface area (Å²) in [4.78, 5) is 53.4. The number of unbranched alkanes of at least 4 members (excludes halogenated alkanes) is 2. The van der Waals surface area contributed by atoms with Crippen molar-refractivity contribution >= 4 is 52.8 Å². The first kappa shape index (κ1) is 40.6. The molecule has 16 nitrogen and oxygen atoms in total. The highest BCUT2D eigenvalue weighted by atomic mass is 35.5. The second-order valence-electron chi connectivity index (χ2n) is 12.1. The number of amidine groups is 1. The molecule has 0 spiro atoms. The number of benzene rings is 1. The van der Waals surface area contributed by atoms with Gasteiger partial charge in [-0.25, -0.2) is 9.97 Å². The molecule has 0 fully saturated rings. The zero-order valence-corrected chi connectivity index (χ0v) is 29.6. The molecule has 0 aliphatic rings. The van der Waals surface area contributed by atoms with Gasteiger partial charge in [0, 0.05) is 20.6 Å². The Morgan fingerprint density at radius 1 is 0.918 bits per heavy atom. The fraction of sp³-hybridized carbons (Fsp3) is 0.531. The number of nitrogens with zero attached hydrogens (tertiary/aromatic N) is 5. The Balaban J connectivity index is 1.75. The number of rotatable bonds is 20. The lowest BCUT2D eigenvalue weighted by atomic mass is 10.0. The molecule has 12 N–H and O–H groups in total. The van der Waals surface area contributed by atoms with E-state index in [2.05, 4.69) is 55.2 Å². The molecule has 1 heterocycles. The van der Waals surface area contributed by atoms with E-state index in [0.717, 1.165) is 24.8 Å². The third kappa shape index (κ3) is 14.6. The Labute approximate surface area is 293 Å². The highest BCUT2D eigenvalue weighted by Gasteiger charge is 2.27. The number of hydrogen-bond donors (Lipinski definition) is 8. The van der Waals surface area contributed by atoms with E-state index in [1.165, 1.54) is 10.5 Å². The maximum absolute atomic E-state index is 13.3. The molecule has 49 heavy (non-hydrogen) atoms. The number of amides is 3. The van der Waals surface area contributed by atoms with Crippen LogP contribution in [0.2, 0.25) is 5.15 Å². The quantitative estimate of drug-likeness (QED) is 0.0535. The van der Waals surface area contributed by atoms with Crippen LogP contribution in [-0.4, -0.2) is 109 Å². The molecular formula is C32H52ClN13O3. The molecule has 0 aliphatic carbocycles. The van der Waals surface area contributed by atoms with Crippen molar-refractivity contribution in [2.75, 3.05) is 59.3 Å². The Hall–Kier alpha value is -4.54. The number of halogens is 1. The standard InChI is InChI=1S/C32H52ClN13O3/c1-45(2)23(29(47)41-22(31(49)46(3)4)10-6-8-18-40-32(37)38)16-15-21-13-11-20(12-14-21)9-5-7-17-39-19-24(34)42-30(48)25-27(35)44-28(36)26(33)43-25/h11-14,22-23,39H,5-10,15-19H2,1-4H3,(H,41,47)(H2,34,42,48)(H4,35,36,44)(H4,37,38,40)/t22-,23-/m0/s1. The fourth-order valence-electron chi connectivity index (χ4n) is 4.95. The van der Waals surface area contributed by atoms with Gasteiger partial charge in [-0.3, -0.25) is 29.7 Å². The maximum atomic E-state index is 13.3. The molecule has 0 bridgehead atoms. The van der Waals surface area contributed by atoms with Gasteiger partial charge in [0.1, 0.15) is 11.9 Å². The molecule has 1 aromatic carbocycles. The maximum Gasteiger partial charge on any atom is 0.279 e. The molecule has 0 aliphatic heterocycles. The lowest BCUT2D eigenvalue weighted by molar-refractivity contribution is -0.136. The molecule has 0 unspecified atom stereocenters. The number of nitrogens with one attached hydrogen (secondary N) is 4. The third-order valence-electron chi connectivity index (χ3n) is 7.66. The van der Waals surface area contributed by atoms with E-state index >= 15 is 0 Å². The summed E-state index contributed by atoms with van der Waals surface area (Å²) in [6.45, 7) is 1.30. The summed E-state index contributed by atoms with van der Waals surface area (Å²) in [6.07, 6.45) is 5.90.